The van der Waals surface area contributed by atoms with E-state index < -0.39 is 6.36 Å². The van der Waals surface area contributed by atoms with Crippen LogP contribution in [0.15, 0.2) is 42.5 Å². The monoisotopic (exact) mass is 313 g/mol. The molecule has 0 saturated heterocycles. The minimum Gasteiger partial charge on any atom is -0.493 e. The van der Waals surface area contributed by atoms with Gasteiger partial charge in [-0.05, 0) is 36.4 Å². The van der Waals surface area contributed by atoms with Gasteiger partial charge in [0.15, 0.2) is 11.5 Å². The summed E-state index contributed by atoms with van der Waals surface area (Å²) in [4.78, 5) is 0. The number of hydrogen-bond donors (Lipinski definition) is 1. The first-order valence-electron chi connectivity index (χ1n) is 6.26. The summed E-state index contributed by atoms with van der Waals surface area (Å²) in [6.07, 6.45) is -4.70. The minimum absolute atomic E-state index is 0.273. The van der Waals surface area contributed by atoms with E-state index in [0.717, 1.165) is 0 Å². The Kier molecular flexibility index (Phi) is 4.65. The number of nitrogens with one attached hydrogen (secondary N) is 1. The molecule has 118 valence electrons. The van der Waals surface area contributed by atoms with Crippen LogP contribution in [-0.4, -0.2) is 20.6 Å². The standard InChI is InChI=1S/C15H14F3NO3/c1-20-13-8-5-11(9-14(13)21-2)19-10-3-6-12(7-4-10)22-15(16,17)18/h3-9,19H,1-2H3. The molecule has 0 unspecified atom stereocenters. The average molecular weight is 313 g/mol. The number of ether oxygens (including phenoxy) is 3. The Balaban J connectivity index is 2.11. The van der Waals surface area contributed by atoms with E-state index in [2.05, 4.69) is 10.1 Å². The van der Waals surface area contributed by atoms with Gasteiger partial charge in [-0.25, -0.2) is 0 Å². The van der Waals surface area contributed by atoms with Crippen molar-refractivity contribution in [1.29, 1.82) is 0 Å². The summed E-state index contributed by atoms with van der Waals surface area (Å²) in [5.41, 5.74) is 1.32. The van der Waals surface area contributed by atoms with Gasteiger partial charge in [0.1, 0.15) is 5.75 Å². The molecule has 0 radical (unpaired) electrons. The second-order valence-corrected chi connectivity index (χ2v) is 4.27. The van der Waals surface area contributed by atoms with Gasteiger partial charge >= 0.3 is 6.36 Å². The number of methoxy groups -OCH3 is 2. The number of benzene rings is 2. The van der Waals surface area contributed by atoms with Gasteiger partial charge < -0.3 is 19.5 Å². The maximum absolute atomic E-state index is 12.1. The summed E-state index contributed by atoms with van der Waals surface area (Å²) in [7, 11) is 3.05. The van der Waals surface area contributed by atoms with E-state index in [1.807, 2.05) is 0 Å². The van der Waals surface area contributed by atoms with Crippen LogP contribution >= 0.6 is 0 Å². The van der Waals surface area contributed by atoms with Gasteiger partial charge in [0.2, 0.25) is 0 Å². The Labute approximate surface area is 125 Å². The summed E-state index contributed by atoms with van der Waals surface area (Å²) in [6.45, 7) is 0. The van der Waals surface area contributed by atoms with Gasteiger partial charge in [0.05, 0.1) is 14.2 Å². The van der Waals surface area contributed by atoms with Gasteiger partial charge in [-0.1, -0.05) is 0 Å². The highest BCUT2D eigenvalue weighted by molar-refractivity contribution is 5.64. The first-order valence-corrected chi connectivity index (χ1v) is 6.26. The lowest BCUT2D eigenvalue weighted by molar-refractivity contribution is -0.274. The van der Waals surface area contributed by atoms with Crippen molar-refractivity contribution >= 4 is 11.4 Å². The molecule has 2 rings (SSSR count). The molecule has 0 aliphatic rings. The zero-order valence-corrected chi connectivity index (χ0v) is 11.9. The van der Waals surface area contributed by atoms with Crippen LogP contribution in [-0.2, 0) is 0 Å². The molecule has 2 aromatic carbocycles. The third-order valence-electron chi connectivity index (χ3n) is 2.76. The predicted octanol–water partition coefficient (Wildman–Crippen LogP) is 4.35. The normalized spacial score (nSPS) is 11.0. The molecule has 7 heteroatoms. The van der Waals surface area contributed by atoms with E-state index in [0.29, 0.717) is 22.9 Å². The molecular weight excluding hydrogens is 299 g/mol. The number of halogens is 3. The lowest BCUT2D eigenvalue weighted by Gasteiger charge is -2.12. The van der Waals surface area contributed by atoms with E-state index in [1.54, 1.807) is 18.2 Å². The highest BCUT2D eigenvalue weighted by Crippen LogP contribution is 2.31. The third-order valence-corrected chi connectivity index (χ3v) is 2.76. The number of hydrogen-bond acceptors (Lipinski definition) is 4. The molecule has 0 amide bonds. The van der Waals surface area contributed by atoms with Crippen molar-refractivity contribution in [3.8, 4) is 17.2 Å². The van der Waals surface area contributed by atoms with Crippen LogP contribution in [0.5, 0.6) is 17.2 Å². The lowest BCUT2D eigenvalue weighted by Crippen LogP contribution is -2.16. The van der Waals surface area contributed by atoms with Crippen molar-refractivity contribution in [1.82, 2.24) is 0 Å². The Bertz CT molecular complexity index is 627. The molecular formula is C15H14F3NO3. The molecule has 4 nitrogen and oxygen atoms in total. The molecule has 0 aliphatic heterocycles. The molecule has 2 aromatic rings. The Morgan fingerprint density at radius 3 is 1.95 bits per heavy atom. The van der Waals surface area contributed by atoms with Crippen molar-refractivity contribution < 1.29 is 27.4 Å². The SMILES string of the molecule is COc1ccc(Nc2ccc(OC(F)(F)F)cc2)cc1OC. The van der Waals surface area contributed by atoms with E-state index in [-0.39, 0.29) is 5.75 Å². The fraction of sp³-hybridized carbons (Fsp3) is 0.200. The second kappa shape index (κ2) is 6.46. The smallest absolute Gasteiger partial charge is 0.493 e. The van der Waals surface area contributed by atoms with Crippen molar-refractivity contribution in [3.63, 3.8) is 0 Å². The molecule has 0 spiro atoms. The van der Waals surface area contributed by atoms with Gasteiger partial charge in [0, 0.05) is 17.4 Å². The molecule has 0 aliphatic carbocycles. The number of anilines is 2. The topological polar surface area (TPSA) is 39.7 Å². The zero-order valence-electron chi connectivity index (χ0n) is 11.9. The van der Waals surface area contributed by atoms with Crippen LogP contribution in [0.1, 0.15) is 0 Å². The molecule has 0 fully saturated rings. The average Bonchev–Trinajstić information content (AvgIpc) is 2.47. The molecule has 0 aromatic heterocycles. The molecule has 1 N–H and O–H groups in total. The molecule has 0 saturated carbocycles. The summed E-state index contributed by atoms with van der Waals surface area (Å²) in [6, 6.07) is 10.6. The van der Waals surface area contributed by atoms with Crippen LogP contribution in [0, 0.1) is 0 Å². The quantitative estimate of drug-likeness (QED) is 0.891. The summed E-state index contributed by atoms with van der Waals surface area (Å²) < 4.78 is 50.4. The van der Waals surface area contributed by atoms with E-state index in [9.17, 15) is 13.2 Å². The van der Waals surface area contributed by atoms with E-state index in [1.165, 1.54) is 38.5 Å². The van der Waals surface area contributed by atoms with Crippen molar-refractivity contribution in [3.05, 3.63) is 42.5 Å². The van der Waals surface area contributed by atoms with Crippen molar-refractivity contribution in [2.45, 2.75) is 6.36 Å². The fourth-order valence-electron chi connectivity index (χ4n) is 1.82. The zero-order chi connectivity index (χ0) is 16.2. The first-order chi connectivity index (χ1) is 10.4. The van der Waals surface area contributed by atoms with Gasteiger partial charge in [-0.15, -0.1) is 13.2 Å². The maximum Gasteiger partial charge on any atom is 0.573 e. The molecule has 0 heterocycles. The fourth-order valence-corrected chi connectivity index (χ4v) is 1.82. The Morgan fingerprint density at radius 2 is 1.41 bits per heavy atom. The van der Waals surface area contributed by atoms with Gasteiger partial charge in [0.25, 0.3) is 0 Å². The van der Waals surface area contributed by atoms with Crippen LogP contribution in [0.4, 0.5) is 24.5 Å². The van der Waals surface area contributed by atoms with Crippen LogP contribution in [0.25, 0.3) is 0 Å². The van der Waals surface area contributed by atoms with Gasteiger partial charge in [-0.3, -0.25) is 0 Å². The number of alkyl halides is 3. The largest absolute Gasteiger partial charge is 0.573 e. The first kappa shape index (κ1) is 15.8. The van der Waals surface area contributed by atoms with Crippen LogP contribution in [0.2, 0.25) is 0 Å². The summed E-state index contributed by atoms with van der Waals surface area (Å²) in [5.74, 6) is 0.858. The Morgan fingerprint density at radius 1 is 0.818 bits per heavy atom. The third kappa shape index (κ3) is 4.21. The number of rotatable bonds is 5. The van der Waals surface area contributed by atoms with Gasteiger partial charge in [-0.2, -0.15) is 0 Å². The van der Waals surface area contributed by atoms with Crippen molar-refractivity contribution in [2.75, 3.05) is 19.5 Å². The van der Waals surface area contributed by atoms with Crippen molar-refractivity contribution in [2.24, 2.45) is 0 Å². The maximum atomic E-state index is 12.1. The predicted molar refractivity (Wildman–Crippen MR) is 76.0 cm³/mol. The second-order valence-electron chi connectivity index (χ2n) is 4.27. The van der Waals surface area contributed by atoms with Crippen LogP contribution < -0.4 is 19.5 Å². The van der Waals surface area contributed by atoms with E-state index in [4.69, 9.17) is 9.47 Å². The highest BCUT2D eigenvalue weighted by atomic mass is 19.4. The summed E-state index contributed by atoms with van der Waals surface area (Å²) >= 11 is 0. The van der Waals surface area contributed by atoms with E-state index >= 15 is 0 Å². The lowest BCUT2D eigenvalue weighted by atomic mass is 10.2. The summed E-state index contributed by atoms with van der Waals surface area (Å²) in [5, 5.41) is 3.05. The van der Waals surface area contributed by atoms with Crippen LogP contribution in [0.3, 0.4) is 0 Å². The Hall–Kier alpha value is -2.57. The minimum atomic E-state index is -4.70. The molecule has 0 bridgehead atoms. The highest BCUT2D eigenvalue weighted by Gasteiger charge is 2.30. The molecule has 22 heavy (non-hydrogen) atoms. The molecule has 0 atom stereocenters.